The SMILES string of the molecule is C=CC[N+](C)(C)CCCS(=O)(=O)O. The summed E-state index contributed by atoms with van der Waals surface area (Å²) in [7, 11) is 0.186. The lowest BCUT2D eigenvalue weighted by molar-refractivity contribution is -0.884. The van der Waals surface area contributed by atoms with E-state index in [-0.39, 0.29) is 5.75 Å². The van der Waals surface area contributed by atoms with Gasteiger partial charge in [-0.25, -0.2) is 0 Å². The molecule has 0 saturated heterocycles. The van der Waals surface area contributed by atoms with Crippen molar-refractivity contribution in [1.82, 2.24) is 0 Å². The molecular weight excluding hydrogens is 190 g/mol. The van der Waals surface area contributed by atoms with Crippen LogP contribution in [0.1, 0.15) is 6.42 Å². The quantitative estimate of drug-likeness (QED) is 0.393. The van der Waals surface area contributed by atoms with Crippen LogP contribution in [0.15, 0.2) is 12.7 Å². The van der Waals surface area contributed by atoms with Crippen LogP contribution in [0.2, 0.25) is 0 Å². The van der Waals surface area contributed by atoms with E-state index in [0.717, 1.165) is 6.54 Å². The first kappa shape index (κ1) is 12.6. The highest BCUT2D eigenvalue weighted by Gasteiger charge is 2.14. The van der Waals surface area contributed by atoms with E-state index < -0.39 is 10.1 Å². The van der Waals surface area contributed by atoms with Crippen LogP contribution in [0, 0.1) is 0 Å². The number of hydrogen-bond donors (Lipinski definition) is 1. The standard InChI is InChI=1S/C8H17NO3S/c1-4-6-9(2,3)7-5-8-13(10,11)12/h4H,1,5-8H2,2-3H3/p+1. The van der Waals surface area contributed by atoms with Gasteiger partial charge in [0.15, 0.2) is 0 Å². The molecule has 0 aromatic carbocycles. The molecule has 0 fully saturated rings. The molecule has 5 heteroatoms. The van der Waals surface area contributed by atoms with Gasteiger partial charge in [0.25, 0.3) is 10.1 Å². The van der Waals surface area contributed by atoms with Crippen LogP contribution in [-0.4, -0.2) is 50.4 Å². The summed E-state index contributed by atoms with van der Waals surface area (Å²) in [4.78, 5) is 0. The highest BCUT2D eigenvalue weighted by atomic mass is 32.2. The van der Waals surface area contributed by atoms with Gasteiger partial charge in [0.05, 0.1) is 32.9 Å². The normalized spacial score (nSPS) is 12.8. The van der Waals surface area contributed by atoms with Crippen LogP contribution in [0.3, 0.4) is 0 Å². The second-order valence-electron chi connectivity index (χ2n) is 3.77. The molecule has 0 aromatic heterocycles. The van der Waals surface area contributed by atoms with Crippen molar-refractivity contribution in [3.05, 3.63) is 12.7 Å². The molecule has 4 nitrogen and oxygen atoms in total. The summed E-state index contributed by atoms with van der Waals surface area (Å²) in [6.45, 7) is 5.13. The average molecular weight is 208 g/mol. The predicted octanol–water partition coefficient (Wildman–Crippen LogP) is 0.527. The van der Waals surface area contributed by atoms with Gasteiger partial charge >= 0.3 is 0 Å². The number of quaternary nitrogens is 1. The van der Waals surface area contributed by atoms with Crippen LogP contribution >= 0.6 is 0 Å². The van der Waals surface area contributed by atoms with Gasteiger partial charge in [-0.15, -0.1) is 0 Å². The molecule has 0 amide bonds. The molecule has 0 aliphatic heterocycles. The number of likely N-dealkylation sites (N-methyl/N-ethyl adjacent to an activating group) is 1. The largest absolute Gasteiger partial charge is 0.325 e. The van der Waals surface area contributed by atoms with Gasteiger partial charge < -0.3 is 4.48 Å². The molecule has 0 aliphatic rings. The summed E-state index contributed by atoms with van der Waals surface area (Å²) in [5.41, 5.74) is 0. The van der Waals surface area contributed by atoms with Crippen molar-refractivity contribution in [2.75, 3.05) is 32.9 Å². The zero-order valence-electron chi connectivity index (χ0n) is 8.23. The lowest BCUT2D eigenvalue weighted by Gasteiger charge is -2.28. The molecule has 0 bridgehead atoms. The molecule has 1 N–H and O–H groups in total. The van der Waals surface area contributed by atoms with E-state index in [2.05, 4.69) is 6.58 Å². The molecule has 0 heterocycles. The average Bonchev–Trinajstić information content (AvgIpc) is 1.82. The molecule has 0 rings (SSSR count). The molecule has 0 radical (unpaired) electrons. The molecule has 0 aliphatic carbocycles. The van der Waals surface area contributed by atoms with Gasteiger partial charge in [0, 0.05) is 6.42 Å². The fraction of sp³-hybridized carbons (Fsp3) is 0.750. The summed E-state index contributed by atoms with van der Waals surface area (Å²) in [5.74, 6) is -0.161. The lowest BCUT2D eigenvalue weighted by Crippen LogP contribution is -2.41. The van der Waals surface area contributed by atoms with E-state index in [1.807, 2.05) is 14.1 Å². The van der Waals surface area contributed by atoms with Crippen molar-refractivity contribution in [3.8, 4) is 0 Å². The lowest BCUT2D eigenvalue weighted by atomic mass is 10.3. The summed E-state index contributed by atoms with van der Waals surface area (Å²) < 4.78 is 30.0. The molecule has 0 atom stereocenters. The van der Waals surface area contributed by atoms with E-state index in [1.165, 1.54) is 0 Å². The fourth-order valence-corrected chi connectivity index (χ4v) is 1.61. The fourth-order valence-electron chi connectivity index (χ4n) is 1.12. The smallest absolute Gasteiger partial charge is 0.265 e. The first-order valence-corrected chi connectivity index (χ1v) is 5.76. The Morgan fingerprint density at radius 1 is 1.46 bits per heavy atom. The molecule has 0 saturated carbocycles. The van der Waals surface area contributed by atoms with Crippen LogP contribution in [0.25, 0.3) is 0 Å². The van der Waals surface area contributed by atoms with Gasteiger partial charge in [-0.1, -0.05) is 6.58 Å². The molecule has 0 aromatic rings. The van der Waals surface area contributed by atoms with Crippen molar-refractivity contribution < 1.29 is 17.5 Å². The van der Waals surface area contributed by atoms with Crippen molar-refractivity contribution in [1.29, 1.82) is 0 Å². The van der Waals surface area contributed by atoms with Crippen LogP contribution in [0.5, 0.6) is 0 Å². The maximum Gasteiger partial charge on any atom is 0.265 e. The van der Waals surface area contributed by atoms with E-state index in [0.29, 0.717) is 17.4 Å². The molecule has 13 heavy (non-hydrogen) atoms. The molecule has 0 spiro atoms. The topological polar surface area (TPSA) is 54.4 Å². The second-order valence-corrected chi connectivity index (χ2v) is 5.34. The third-order valence-electron chi connectivity index (χ3n) is 1.79. The third-order valence-corrected chi connectivity index (χ3v) is 2.59. The predicted molar refractivity (Wildman–Crippen MR) is 53.1 cm³/mol. The van der Waals surface area contributed by atoms with Crippen molar-refractivity contribution >= 4 is 10.1 Å². The zero-order chi connectivity index (χ0) is 10.5. The van der Waals surface area contributed by atoms with Crippen molar-refractivity contribution in [2.24, 2.45) is 0 Å². The van der Waals surface area contributed by atoms with Crippen LogP contribution < -0.4 is 0 Å². The van der Waals surface area contributed by atoms with Crippen molar-refractivity contribution in [3.63, 3.8) is 0 Å². The Bertz CT molecular complexity index is 257. The minimum atomic E-state index is -3.80. The monoisotopic (exact) mass is 208 g/mol. The second kappa shape index (κ2) is 4.74. The number of hydrogen-bond acceptors (Lipinski definition) is 2. The van der Waals surface area contributed by atoms with Gasteiger partial charge in [-0.2, -0.15) is 8.42 Å². The van der Waals surface area contributed by atoms with E-state index in [1.54, 1.807) is 6.08 Å². The van der Waals surface area contributed by atoms with Gasteiger partial charge in [0.2, 0.25) is 0 Å². The first-order chi connectivity index (χ1) is 5.77. The van der Waals surface area contributed by atoms with Crippen molar-refractivity contribution in [2.45, 2.75) is 6.42 Å². The van der Waals surface area contributed by atoms with Crippen LogP contribution in [0.4, 0.5) is 0 Å². The number of rotatable bonds is 6. The number of nitrogens with zero attached hydrogens (tertiary/aromatic N) is 1. The van der Waals surface area contributed by atoms with Gasteiger partial charge in [-0.3, -0.25) is 4.55 Å². The zero-order valence-corrected chi connectivity index (χ0v) is 9.05. The molecular formula is C8H18NO3S+. The Balaban J connectivity index is 3.82. The highest BCUT2D eigenvalue weighted by Crippen LogP contribution is 2.00. The molecule has 78 valence electrons. The summed E-state index contributed by atoms with van der Waals surface area (Å²) in [6, 6.07) is 0. The Morgan fingerprint density at radius 3 is 2.38 bits per heavy atom. The molecule has 0 unspecified atom stereocenters. The third kappa shape index (κ3) is 7.95. The Kier molecular flexibility index (Phi) is 4.60. The summed E-state index contributed by atoms with van der Waals surface area (Å²) in [6.07, 6.45) is 2.27. The Hall–Kier alpha value is -0.390. The minimum absolute atomic E-state index is 0.161. The maximum absolute atomic E-state index is 10.4. The maximum atomic E-state index is 10.4. The Morgan fingerprint density at radius 2 is 2.00 bits per heavy atom. The Labute approximate surface area is 80.2 Å². The van der Waals surface area contributed by atoms with Gasteiger partial charge in [0.1, 0.15) is 0 Å². The van der Waals surface area contributed by atoms with E-state index >= 15 is 0 Å². The minimum Gasteiger partial charge on any atom is -0.325 e. The summed E-state index contributed by atoms with van der Waals surface area (Å²) in [5, 5.41) is 0. The van der Waals surface area contributed by atoms with E-state index in [9.17, 15) is 8.42 Å². The first-order valence-electron chi connectivity index (χ1n) is 4.15. The highest BCUT2D eigenvalue weighted by molar-refractivity contribution is 7.85. The summed E-state index contributed by atoms with van der Waals surface area (Å²) >= 11 is 0. The van der Waals surface area contributed by atoms with Gasteiger partial charge in [-0.05, 0) is 6.08 Å². The van der Waals surface area contributed by atoms with E-state index in [4.69, 9.17) is 4.55 Å². The van der Waals surface area contributed by atoms with Crippen LogP contribution in [-0.2, 0) is 10.1 Å².